The van der Waals surface area contributed by atoms with Crippen molar-refractivity contribution >= 4 is 33.2 Å². The molecule has 0 heterocycles. The lowest BCUT2D eigenvalue weighted by molar-refractivity contribution is -0.384. The van der Waals surface area contributed by atoms with E-state index in [9.17, 15) is 28.1 Å². The number of nitro groups is 1. The first-order valence-corrected chi connectivity index (χ1v) is 14.6. The molecule has 3 rings (SSSR count). The van der Waals surface area contributed by atoms with Crippen LogP contribution >= 0.6 is 0 Å². The van der Waals surface area contributed by atoms with Gasteiger partial charge in [-0.25, -0.2) is 8.42 Å². The van der Waals surface area contributed by atoms with Crippen molar-refractivity contribution in [3.63, 3.8) is 0 Å². The molecule has 0 saturated heterocycles. The Labute approximate surface area is 234 Å². The van der Waals surface area contributed by atoms with Crippen molar-refractivity contribution in [2.75, 3.05) is 23.9 Å². The van der Waals surface area contributed by atoms with E-state index in [1.54, 1.807) is 25.1 Å². The minimum atomic E-state index is -4.30. The minimum Gasteiger partial charge on any atom is -0.354 e. The van der Waals surface area contributed by atoms with Gasteiger partial charge in [0.15, 0.2) is 0 Å². The van der Waals surface area contributed by atoms with Gasteiger partial charge in [-0.3, -0.25) is 24.0 Å². The van der Waals surface area contributed by atoms with E-state index in [1.165, 1.54) is 35.2 Å². The van der Waals surface area contributed by atoms with Crippen LogP contribution in [-0.2, 0) is 26.0 Å². The van der Waals surface area contributed by atoms with Gasteiger partial charge in [0, 0.05) is 25.2 Å². The summed E-state index contributed by atoms with van der Waals surface area (Å²) in [5.41, 5.74) is 0.610. The Morgan fingerprint density at radius 1 is 0.950 bits per heavy atom. The molecule has 212 valence electrons. The number of hydrogen-bond acceptors (Lipinski definition) is 6. The van der Waals surface area contributed by atoms with Crippen molar-refractivity contribution in [1.29, 1.82) is 0 Å². The topological polar surface area (TPSA) is 130 Å². The van der Waals surface area contributed by atoms with Gasteiger partial charge in [-0.2, -0.15) is 0 Å². The molecule has 0 spiro atoms. The van der Waals surface area contributed by atoms with Crippen molar-refractivity contribution in [3.8, 4) is 0 Å². The molecular weight excluding hydrogens is 532 g/mol. The predicted octanol–water partition coefficient (Wildman–Crippen LogP) is 4.17. The van der Waals surface area contributed by atoms with Crippen LogP contribution in [0.5, 0.6) is 0 Å². The first kappa shape index (κ1) is 30.3. The maximum Gasteiger partial charge on any atom is 0.271 e. The second-order valence-corrected chi connectivity index (χ2v) is 11.0. The number of nitrogens with one attached hydrogen (secondary N) is 1. The second kappa shape index (κ2) is 14.2. The molecule has 10 nitrogen and oxygen atoms in total. The van der Waals surface area contributed by atoms with Gasteiger partial charge in [0.1, 0.15) is 12.6 Å². The van der Waals surface area contributed by atoms with Crippen molar-refractivity contribution in [2.45, 2.75) is 44.0 Å². The number of carbonyl (C=O) groups excluding carboxylic acids is 2. The molecule has 0 aliphatic heterocycles. The Hall–Kier alpha value is -4.25. The molecule has 2 amide bonds. The Kier molecular flexibility index (Phi) is 10.8. The Morgan fingerprint density at radius 2 is 1.60 bits per heavy atom. The summed E-state index contributed by atoms with van der Waals surface area (Å²) in [6.07, 6.45) is 1.49. The normalized spacial score (nSPS) is 11.8. The molecule has 0 fully saturated rings. The van der Waals surface area contributed by atoms with E-state index >= 15 is 0 Å². The molecule has 3 aromatic rings. The van der Waals surface area contributed by atoms with Gasteiger partial charge in [-0.05, 0) is 43.0 Å². The number of sulfonamides is 1. The summed E-state index contributed by atoms with van der Waals surface area (Å²) in [6.45, 7) is 3.68. The molecular formula is C29H34N4O6S. The number of nitrogens with zero attached hydrogens (tertiary/aromatic N) is 3. The lowest BCUT2D eigenvalue weighted by Crippen LogP contribution is -2.53. The lowest BCUT2D eigenvalue weighted by atomic mass is 10.1. The van der Waals surface area contributed by atoms with E-state index in [-0.39, 0.29) is 28.7 Å². The molecule has 11 heteroatoms. The molecule has 3 aromatic carbocycles. The number of carbonyl (C=O) groups is 2. The Balaban J connectivity index is 2.03. The van der Waals surface area contributed by atoms with E-state index in [2.05, 4.69) is 5.32 Å². The van der Waals surface area contributed by atoms with Crippen LogP contribution in [0.3, 0.4) is 0 Å². The van der Waals surface area contributed by atoms with Crippen molar-refractivity contribution in [2.24, 2.45) is 0 Å². The third kappa shape index (κ3) is 7.66. The number of rotatable bonds is 14. The van der Waals surface area contributed by atoms with Crippen LogP contribution < -0.4 is 9.62 Å². The van der Waals surface area contributed by atoms with Crippen molar-refractivity contribution in [1.82, 2.24) is 10.2 Å². The third-order valence-electron chi connectivity index (χ3n) is 6.36. The zero-order chi connectivity index (χ0) is 29.1. The fourth-order valence-corrected chi connectivity index (χ4v) is 5.70. The Bertz CT molecular complexity index is 1400. The van der Waals surface area contributed by atoms with Crippen molar-refractivity contribution in [3.05, 3.63) is 101 Å². The summed E-state index contributed by atoms with van der Waals surface area (Å²) in [6, 6.07) is 21.3. The standard InChI is InChI=1S/C29H34N4O6S/c1-3-19-30-29(35)27(4-2)31(20-18-23-12-7-5-8-13-23)28(34)22-32(24-14-11-15-25(21-24)33(36)37)40(38,39)26-16-9-6-10-17-26/h5-17,21,27H,3-4,18-20,22H2,1-2H3,(H,30,35). The number of amides is 2. The molecule has 0 aromatic heterocycles. The smallest absolute Gasteiger partial charge is 0.271 e. The number of hydrogen-bond donors (Lipinski definition) is 1. The fraction of sp³-hybridized carbons (Fsp3) is 0.310. The molecule has 1 N–H and O–H groups in total. The zero-order valence-electron chi connectivity index (χ0n) is 22.6. The zero-order valence-corrected chi connectivity index (χ0v) is 23.4. The average molecular weight is 567 g/mol. The van der Waals surface area contributed by atoms with Gasteiger partial charge in [-0.15, -0.1) is 0 Å². The first-order chi connectivity index (χ1) is 19.2. The number of nitro benzene ring substituents is 1. The van der Waals surface area contributed by atoms with E-state index in [0.717, 1.165) is 22.4 Å². The molecule has 0 aliphatic rings. The van der Waals surface area contributed by atoms with E-state index in [0.29, 0.717) is 19.4 Å². The van der Waals surface area contributed by atoms with Crippen LogP contribution in [0.2, 0.25) is 0 Å². The number of non-ortho nitro benzene ring substituents is 1. The molecule has 0 bridgehead atoms. The molecule has 1 unspecified atom stereocenters. The predicted molar refractivity (Wildman–Crippen MR) is 153 cm³/mol. The average Bonchev–Trinajstić information content (AvgIpc) is 2.97. The van der Waals surface area contributed by atoms with Crippen LogP contribution in [0.4, 0.5) is 11.4 Å². The maximum atomic E-state index is 13.9. The summed E-state index contributed by atoms with van der Waals surface area (Å²) in [4.78, 5) is 39.2. The second-order valence-electron chi connectivity index (χ2n) is 9.14. The third-order valence-corrected chi connectivity index (χ3v) is 8.15. The fourth-order valence-electron chi connectivity index (χ4n) is 4.27. The van der Waals surface area contributed by atoms with Crippen LogP contribution in [0.15, 0.2) is 89.8 Å². The van der Waals surface area contributed by atoms with Crippen LogP contribution in [0, 0.1) is 10.1 Å². The first-order valence-electron chi connectivity index (χ1n) is 13.1. The van der Waals surface area contributed by atoms with Gasteiger partial charge in [-0.1, -0.05) is 68.4 Å². The summed E-state index contributed by atoms with van der Waals surface area (Å²) >= 11 is 0. The number of benzene rings is 3. The molecule has 0 saturated carbocycles. The largest absolute Gasteiger partial charge is 0.354 e. The minimum absolute atomic E-state index is 0.0297. The van der Waals surface area contributed by atoms with E-state index < -0.39 is 33.4 Å². The quantitative estimate of drug-likeness (QED) is 0.230. The monoisotopic (exact) mass is 566 g/mol. The van der Waals surface area contributed by atoms with Crippen LogP contribution in [0.25, 0.3) is 0 Å². The number of anilines is 1. The van der Waals surface area contributed by atoms with Crippen LogP contribution in [-0.4, -0.2) is 55.7 Å². The highest BCUT2D eigenvalue weighted by Gasteiger charge is 2.33. The van der Waals surface area contributed by atoms with Gasteiger partial charge in [0.05, 0.1) is 15.5 Å². The van der Waals surface area contributed by atoms with E-state index in [4.69, 9.17) is 0 Å². The molecule has 40 heavy (non-hydrogen) atoms. The highest BCUT2D eigenvalue weighted by atomic mass is 32.2. The van der Waals surface area contributed by atoms with Gasteiger partial charge >= 0.3 is 0 Å². The summed E-state index contributed by atoms with van der Waals surface area (Å²) in [7, 11) is -4.30. The van der Waals surface area contributed by atoms with Crippen molar-refractivity contribution < 1.29 is 22.9 Å². The van der Waals surface area contributed by atoms with Gasteiger partial charge in [0.25, 0.3) is 15.7 Å². The van der Waals surface area contributed by atoms with E-state index in [1.807, 2.05) is 37.3 Å². The maximum absolute atomic E-state index is 13.9. The molecule has 1 atom stereocenters. The highest BCUT2D eigenvalue weighted by molar-refractivity contribution is 7.92. The van der Waals surface area contributed by atoms with Gasteiger partial charge < -0.3 is 10.2 Å². The van der Waals surface area contributed by atoms with Crippen LogP contribution in [0.1, 0.15) is 32.3 Å². The molecule has 0 aliphatic carbocycles. The highest BCUT2D eigenvalue weighted by Crippen LogP contribution is 2.27. The lowest BCUT2D eigenvalue weighted by Gasteiger charge is -2.33. The summed E-state index contributed by atoms with van der Waals surface area (Å²) < 4.78 is 28.4. The Morgan fingerprint density at radius 3 is 2.20 bits per heavy atom. The summed E-state index contributed by atoms with van der Waals surface area (Å²) in [5.74, 6) is -0.918. The van der Waals surface area contributed by atoms with Gasteiger partial charge in [0.2, 0.25) is 11.8 Å². The molecule has 0 radical (unpaired) electrons. The summed E-state index contributed by atoms with van der Waals surface area (Å²) in [5, 5.41) is 14.3. The SMILES string of the molecule is CCCNC(=O)C(CC)N(CCc1ccccc1)C(=O)CN(c1cccc([N+](=O)[O-])c1)S(=O)(=O)c1ccccc1.